The van der Waals surface area contributed by atoms with Crippen molar-refractivity contribution in [2.75, 3.05) is 10.5 Å². The SMILES string of the molecule is Nc1ccc(CS(=O)(=O)Nc2cc(Cl)nc(Cl)n2)cc1. The van der Waals surface area contributed by atoms with Crippen LogP contribution in [0.2, 0.25) is 10.4 Å². The van der Waals surface area contributed by atoms with Crippen LogP contribution in [0.15, 0.2) is 30.3 Å². The van der Waals surface area contributed by atoms with E-state index in [4.69, 9.17) is 28.9 Å². The zero-order valence-electron chi connectivity index (χ0n) is 10.0. The van der Waals surface area contributed by atoms with Crippen LogP contribution in [0.25, 0.3) is 0 Å². The summed E-state index contributed by atoms with van der Waals surface area (Å²) in [5, 5.41) is -0.0853. The summed E-state index contributed by atoms with van der Waals surface area (Å²) < 4.78 is 26.3. The number of rotatable bonds is 4. The van der Waals surface area contributed by atoms with E-state index < -0.39 is 10.0 Å². The van der Waals surface area contributed by atoms with E-state index in [1.165, 1.54) is 6.07 Å². The maximum absolute atomic E-state index is 12.0. The van der Waals surface area contributed by atoms with Gasteiger partial charge in [0.2, 0.25) is 15.3 Å². The molecule has 6 nitrogen and oxygen atoms in total. The molecule has 2 aromatic rings. The van der Waals surface area contributed by atoms with E-state index in [1.807, 2.05) is 0 Å². The highest BCUT2D eigenvalue weighted by Gasteiger charge is 2.13. The molecule has 0 bridgehead atoms. The van der Waals surface area contributed by atoms with Crippen LogP contribution in [0.3, 0.4) is 0 Å². The van der Waals surface area contributed by atoms with E-state index in [0.717, 1.165) is 0 Å². The fourth-order valence-corrected chi connectivity index (χ4v) is 3.01. The zero-order valence-corrected chi connectivity index (χ0v) is 12.4. The van der Waals surface area contributed by atoms with E-state index in [2.05, 4.69) is 14.7 Å². The first-order chi connectivity index (χ1) is 9.34. The van der Waals surface area contributed by atoms with Crippen molar-refractivity contribution in [3.05, 3.63) is 46.3 Å². The number of nitrogens with two attached hydrogens (primary N) is 1. The summed E-state index contributed by atoms with van der Waals surface area (Å²) in [6, 6.07) is 7.80. The largest absolute Gasteiger partial charge is 0.399 e. The molecular weight excluding hydrogens is 323 g/mol. The Kier molecular flexibility index (Phi) is 4.32. The minimum Gasteiger partial charge on any atom is -0.399 e. The first kappa shape index (κ1) is 14.8. The van der Waals surface area contributed by atoms with E-state index in [9.17, 15) is 8.42 Å². The van der Waals surface area contributed by atoms with Crippen molar-refractivity contribution in [1.82, 2.24) is 9.97 Å². The minimum atomic E-state index is -3.63. The molecule has 1 aromatic heterocycles. The molecule has 2 rings (SSSR count). The second-order valence-corrected chi connectivity index (χ2v) is 6.40. The predicted molar refractivity (Wildman–Crippen MR) is 79.2 cm³/mol. The van der Waals surface area contributed by atoms with Crippen LogP contribution in [0.1, 0.15) is 5.56 Å². The third-order valence-electron chi connectivity index (χ3n) is 2.26. The molecule has 20 heavy (non-hydrogen) atoms. The lowest BCUT2D eigenvalue weighted by molar-refractivity contribution is 0.600. The first-order valence-corrected chi connectivity index (χ1v) is 7.80. The van der Waals surface area contributed by atoms with Crippen molar-refractivity contribution in [3.8, 4) is 0 Å². The van der Waals surface area contributed by atoms with Crippen LogP contribution in [0, 0.1) is 0 Å². The molecular formula is C11H10Cl2N4O2S. The lowest BCUT2D eigenvalue weighted by Crippen LogP contribution is -2.16. The molecule has 0 aliphatic rings. The van der Waals surface area contributed by atoms with Gasteiger partial charge in [0.15, 0.2) is 0 Å². The van der Waals surface area contributed by atoms with Crippen LogP contribution in [-0.4, -0.2) is 18.4 Å². The summed E-state index contributed by atoms with van der Waals surface area (Å²) in [5.74, 6) is -0.197. The zero-order chi connectivity index (χ0) is 14.8. The van der Waals surface area contributed by atoms with Gasteiger partial charge in [-0.15, -0.1) is 0 Å². The molecule has 0 radical (unpaired) electrons. The maximum Gasteiger partial charge on any atom is 0.238 e. The van der Waals surface area contributed by atoms with Gasteiger partial charge in [-0.1, -0.05) is 23.7 Å². The highest BCUT2D eigenvalue weighted by atomic mass is 35.5. The average Bonchev–Trinajstić information content (AvgIpc) is 2.29. The number of nitrogens with zero attached hydrogens (tertiary/aromatic N) is 2. The van der Waals surface area contributed by atoms with Crippen LogP contribution in [-0.2, 0) is 15.8 Å². The molecule has 0 spiro atoms. The Bertz CT molecular complexity index is 699. The van der Waals surface area contributed by atoms with E-state index >= 15 is 0 Å². The third kappa shape index (κ3) is 4.22. The van der Waals surface area contributed by atoms with Crippen LogP contribution in [0.4, 0.5) is 11.5 Å². The summed E-state index contributed by atoms with van der Waals surface area (Å²) in [6.45, 7) is 0. The van der Waals surface area contributed by atoms with Gasteiger partial charge in [0.05, 0.1) is 5.75 Å². The van der Waals surface area contributed by atoms with Crippen LogP contribution < -0.4 is 10.5 Å². The number of benzene rings is 1. The Labute approximate surface area is 126 Å². The fraction of sp³-hybridized carbons (Fsp3) is 0.0909. The molecule has 1 aromatic carbocycles. The van der Waals surface area contributed by atoms with Crippen molar-refractivity contribution in [3.63, 3.8) is 0 Å². The molecule has 0 atom stereocenters. The average molecular weight is 333 g/mol. The topological polar surface area (TPSA) is 98.0 Å². The number of nitrogen functional groups attached to an aromatic ring is 1. The number of hydrogen-bond donors (Lipinski definition) is 2. The molecule has 9 heteroatoms. The lowest BCUT2D eigenvalue weighted by atomic mass is 10.2. The van der Waals surface area contributed by atoms with Gasteiger partial charge < -0.3 is 5.73 Å². The van der Waals surface area contributed by atoms with Gasteiger partial charge in [-0.3, -0.25) is 4.72 Å². The number of anilines is 2. The van der Waals surface area contributed by atoms with Crippen molar-refractivity contribution < 1.29 is 8.42 Å². The van der Waals surface area contributed by atoms with Gasteiger partial charge in [-0.25, -0.2) is 13.4 Å². The standard InChI is InChI=1S/C11H10Cl2N4O2S/c12-9-5-10(16-11(13)15-9)17-20(18,19)6-7-1-3-8(14)4-2-7/h1-5H,6,14H2,(H,15,16,17). The Balaban J connectivity index is 2.16. The molecule has 0 fully saturated rings. The number of nitrogens with one attached hydrogen (secondary N) is 1. The van der Waals surface area contributed by atoms with Gasteiger partial charge in [-0.2, -0.15) is 4.98 Å². The van der Waals surface area contributed by atoms with E-state index in [-0.39, 0.29) is 22.0 Å². The Hall–Kier alpha value is -1.57. The van der Waals surface area contributed by atoms with Gasteiger partial charge >= 0.3 is 0 Å². The summed E-state index contributed by atoms with van der Waals surface area (Å²) in [4.78, 5) is 7.36. The van der Waals surface area contributed by atoms with Crippen molar-refractivity contribution in [2.24, 2.45) is 0 Å². The van der Waals surface area contributed by atoms with E-state index in [0.29, 0.717) is 11.3 Å². The van der Waals surface area contributed by atoms with E-state index in [1.54, 1.807) is 24.3 Å². The molecule has 106 valence electrons. The maximum atomic E-state index is 12.0. The highest BCUT2D eigenvalue weighted by Crippen LogP contribution is 2.17. The summed E-state index contributed by atoms with van der Waals surface area (Å²) >= 11 is 11.3. The Morgan fingerprint density at radius 1 is 1.15 bits per heavy atom. The lowest BCUT2D eigenvalue weighted by Gasteiger charge is -2.08. The van der Waals surface area contributed by atoms with Crippen LogP contribution >= 0.6 is 23.2 Å². The second kappa shape index (κ2) is 5.82. The first-order valence-electron chi connectivity index (χ1n) is 5.39. The smallest absolute Gasteiger partial charge is 0.238 e. The molecule has 0 aliphatic carbocycles. The molecule has 1 heterocycles. The summed E-state index contributed by atoms with van der Waals surface area (Å²) in [6.07, 6.45) is 0. The van der Waals surface area contributed by atoms with Crippen molar-refractivity contribution >= 4 is 44.7 Å². The molecule has 0 amide bonds. The van der Waals surface area contributed by atoms with Crippen molar-refractivity contribution in [2.45, 2.75) is 5.75 Å². The van der Waals surface area contributed by atoms with Gasteiger partial charge in [0.1, 0.15) is 11.0 Å². The molecule has 0 aliphatic heterocycles. The number of sulfonamides is 1. The predicted octanol–water partition coefficient (Wildman–Crippen LogP) is 2.31. The highest BCUT2D eigenvalue weighted by molar-refractivity contribution is 7.91. The number of halogens is 2. The molecule has 0 unspecified atom stereocenters. The molecule has 0 saturated carbocycles. The second-order valence-electron chi connectivity index (χ2n) is 3.95. The Morgan fingerprint density at radius 3 is 2.40 bits per heavy atom. The van der Waals surface area contributed by atoms with Gasteiger partial charge in [0.25, 0.3) is 0 Å². The normalized spacial score (nSPS) is 11.3. The number of hydrogen-bond acceptors (Lipinski definition) is 5. The Morgan fingerprint density at radius 2 is 1.80 bits per heavy atom. The fourth-order valence-electron chi connectivity index (χ4n) is 1.47. The van der Waals surface area contributed by atoms with Gasteiger partial charge in [0, 0.05) is 11.8 Å². The quantitative estimate of drug-likeness (QED) is 0.508. The number of aromatic nitrogens is 2. The summed E-state index contributed by atoms with van der Waals surface area (Å²) in [7, 11) is -3.63. The van der Waals surface area contributed by atoms with Crippen LogP contribution in [0.5, 0.6) is 0 Å². The van der Waals surface area contributed by atoms with Crippen molar-refractivity contribution in [1.29, 1.82) is 0 Å². The third-order valence-corrected chi connectivity index (χ3v) is 3.86. The molecule has 3 N–H and O–H groups in total. The minimum absolute atomic E-state index is 0.0189. The van der Waals surface area contributed by atoms with Gasteiger partial charge in [-0.05, 0) is 29.3 Å². The summed E-state index contributed by atoms with van der Waals surface area (Å²) in [5.41, 5.74) is 6.69. The monoisotopic (exact) mass is 332 g/mol. The molecule has 0 saturated heterocycles.